The van der Waals surface area contributed by atoms with Crippen LogP contribution in [0.2, 0.25) is 0 Å². The molecule has 1 saturated carbocycles. The Bertz CT molecular complexity index is 572. The van der Waals surface area contributed by atoms with Crippen molar-refractivity contribution >= 4 is 0 Å². The molecule has 154 valence electrons. The minimum atomic E-state index is -0.520. The maximum absolute atomic E-state index is 10.4. The topological polar surface area (TPSA) is 50.7 Å². The van der Waals surface area contributed by atoms with Gasteiger partial charge in [0.1, 0.15) is 24.2 Å². The first kappa shape index (κ1) is 22.0. The lowest BCUT2D eigenvalue weighted by atomic mass is 9.79. The van der Waals surface area contributed by atoms with E-state index in [0.717, 1.165) is 22.6 Å². The highest BCUT2D eigenvalue weighted by Gasteiger charge is 2.28. The van der Waals surface area contributed by atoms with Crippen LogP contribution in [0.15, 0.2) is 12.1 Å². The molecule has 1 aliphatic rings. The molecule has 1 unspecified atom stereocenters. The molecule has 0 radical (unpaired) electrons. The molecule has 0 spiro atoms. The SMILES string of the molecule is COc1cc(C(C)(C)C)c(OCC(O)CNC2CCCC2)c(C(C)(C)C)c1. The van der Waals surface area contributed by atoms with Crippen LogP contribution in [0.5, 0.6) is 11.5 Å². The van der Waals surface area contributed by atoms with Gasteiger partial charge in [-0.2, -0.15) is 0 Å². The summed E-state index contributed by atoms with van der Waals surface area (Å²) in [7, 11) is 1.70. The Hall–Kier alpha value is -1.26. The molecule has 1 aromatic rings. The third kappa shape index (κ3) is 6.11. The van der Waals surface area contributed by atoms with Gasteiger partial charge in [0.15, 0.2) is 0 Å². The molecule has 4 nitrogen and oxygen atoms in total. The average Bonchev–Trinajstić information content (AvgIpc) is 3.09. The van der Waals surface area contributed by atoms with Crippen molar-refractivity contribution in [3.63, 3.8) is 0 Å². The highest BCUT2D eigenvalue weighted by atomic mass is 16.5. The van der Waals surface area contributed by atoms with Crippen molar-refractivity contribution < 1.29 is 14.6 Å². The second kappa shape index (κ2) is 8.83. The fourth-order valence-corrected chi connectivity index (χ4v) is 3.66. The molecule has 0 aliphatic heterocycles. The molecular formula is C23H39NO3. The summed E-state index contributed by atoms with van der Waals surface area (Å²) in [5.41, 5.74) is 2.05. The molecule has 1 fully saturated rings. The summed E-state index contributed by atoms with van der Waals surface area (Å²) >= 11 is 0. The lowest BCUT2D eigenvalue weighted by Gasteiger charge is -2.31. The van der Waals surface area contributed by atoms with Crippen LogP contribution in [0.1, 0.15) is 78.4 Å². The molecule has 1 aromatic carbocycles. The van der Waals surface area contributed by atoms with Gasteiger partial charge >= 0.3 is 0 Å². The molecule has 4 heteroatoms. The number of ether oxygens (including phenoxy) is 2. The summed E-state index contributed by atoms with van der Waals surface area (Å²) in [6.07, 6.45) is 4.50. The summed E-state index contributed by atoms with van der Waals surface area (Å²) < 4.78 is 11.8. The van der Waals surface area contributed by atoms with Gasteiger partial charge in [0.2, 0.25) is 0 Å². The third-order valence-corrected chi connectivity index (χ3v) is 5.33. The van der Waals surface area contributed by atoms with Crippen LogP contribution in [-0.2, 0) is 10.8 Å². The van der Waals surface area contributed by atoms with E-state index < -0.39 is 6.10 Å². The first-order valence-corrected chi connectivity index (χ1v) is 10.3. The number of aliphatic hydroxyl groups is 1. The maximum Gasteiger partial charge on any atom is 0.127 e. The standard InChI is InChI=1S/C23H39NO3/c1-22(2,3)19-12-18(26-7)13-20(23(4,5)6)21(19)27-15-17(25)14-24-16-10-8-9-11-16/h12-13,16-17,24-25H,8-11,14-15H2,1-7H3. The zero-order valence-corrected chi connectivity index (χ0v) is 18.3. The van der Waals surface area contributed by atoms with Crippen LogP contribution in [0.4, 0.5) is 0 Å². The zero-order chi connectivity index (χ0) is 20.2. The van der Waals surface area contributed by atoms with E-state index in [1.807, 2.05) is 0 Å². The minimum absolute atomic E-state index is 0.0864. The monoisotopic (exact) mass is 377 g/mol. The van der Waals surface area contributed by atoms with Crippen LogP contribution in [-0.4, -0.2) is 37.5 Å². The predicted molar refractivity (Wildman–Crippen MR) is 112 cm³/mol. The Balaban J connectivity index is 2.19. The van der Waals surface area contributed by atoms with Crippen LogP contribution in [0.3, 0.4) is 0 Å². The number of methoxy groups -OCH3 is 1. The molecule has 0 amide bonds. The van der Waals surface area contributed by atoms with E-state index in [4.69, 9.17) is 9.47 Å². The van der Waals surface area contributed by atoms with Gasteiger partial charge in [0, 0.05) is 23.7 Å². The van der Waals surface area contributed by atoms with Crippen molar-refractivity contribution in [2.45, 2.75) is 90.2 Å². The second-order valence-electron chi connectivity index (χ2n) is 9.91. The molecule has 2 N–H and O–H groups in total. The first-order chi connectivity index (χ1) is 12.5. The number of rotatable bonds is 7. The van der Waals surface area contributed by atoms with Crippen molar-refractivity contribution in [3.05, 3.63) is 23.3 Å². The van der Waals surface area contributed by atoms with Crippen molar-refractivity contribution in [3.8, 4) is 11.5 Å². The summed E-state index contributed by atoms with van der Waals surface area (Å²) in [5.74, 6) is 1.73. The van der Waals surface area contributed by atoms with E-state index in [9.17, 15) is 5.11 Å². The van der Waals surface area contributed by atoms with Crippen molar-refractivity contribution in [1.29, 1.82) is 0 Å². The lowest BCUT2D eigenvalue weighted by molar-refractivity contribution is 0.101. The molecule has 0 saturated heterocycles. The number of nitrogens with one attached hydrogen (secondary N) is 1. The lowest BCUT2D eigenvalue weighted by Crippen LogP contribution is -2.37. The van der Waals surface area contributed by atoms with Crippen LogP contribution in [0, 0.1) is 0 Å². The van der Waals surface area contributed by atoms with E-state index in [1.165, 1.54) is 25.7 Å². The number of aliphatic hydroxyl groups excluding tert-OH is 1. The fraction of sp³-hybridized carbons (Fsp3) is 0.739. The zero-order valence-electron chi connectivity index (χ0n) is 18.3. The Morgan fingerprint density at radius 3 is 2.00 bits per heavy atom. The highest BCUT2D eigenvalue weighted by Crippen LogP contribution is 2.42. The van der Waals surface area contributed by atoms with Crippen LogP contribution >= 0.6 is 0 Å². The summed E-state index contributed by atoms with van der Waals surface area (Å²) in [6.45, 7) is 13.9. The Kier molecular flexibility index (Phi) is 7.20. The van der Waals surface area contributed by atoms with Gasteiger partial charge in [0.05, 0.1) is 7.11 Å². The predicted octanol–water partition coefficient (Wildman–Crippen LogP) is 4.56. The van der Waals surface area contributed by atoms with Crippen molar-refractivity contribution in [2.75, 3.05) is 20.3 Å². The Labute approximate surface area is 165 Å². The fourth-order valence-electron chi connectivity index (χ4n) is 3.66. The molecule has 1 aliphatic carbocycles. The highest BCUT2D eigenvalue weighted by molar-refractivity contribution is 5.52. The van der Waals surface area contributed by atoms with E-state index in [-0.39, 0.29) is 17.4 Å². The first-order valence-electron chi connectivity index (χ1n) is 10.3. The quantitative estimate of drug-likeness (QED) is 0.731. The summed E-state index contributed by atoms with van der Waals surface area (Å²) in [4.78, 5) is 0. The van der Waals surface area contributed by atoms with Gasteiger partial charge in [-0.05, 0) is 35.8 Å². The third-order valence-electron chi connectivity index (χ3n) is 5.33. The number of hydrogen-bond acceptors (Lipinski definition) is 4. The number of hydrogen-bond donors (Lipinski definition) is 2. The maximum atomic E-state index is 10.4. The Morgan fingerprint density at radius 1 is 1.04 bits per heavy atom. The molecule has 2 rings (SSSR count). The second-order valence-corrected chi connectivity index (χ2v) is 9.91. The molecule has 0 bridgehead atoms. The molecular weight excluding hydrogens is 338 g/mol. The van der Waals surface area contributed by atoms with Gasteiger partial charge in [-0.3, -0.25) is 0 Å². The largest absolute Gasteiger partial charge is 0.497 e. The van der Waals surface area contributed by atoms with Crippen molar-refractivity contribution in [2.24, 2.45) is 0 Å². The molecule has 27 heavy (non-hydrogen) atoms. The molecule has 0 heterocycles. The van der Waals surface area contributed by atoms with E-state index in [2.05, 4.69) is 59.0 Å². The summed E-state index contributed by atoms with van der Waals surface area (Å²) in [5, 5.41) is 13.9. The van der Waals surface area contributed by atoms with Crippen LogP contribution in [0.25, 0.3) is 0 Å². The van der Waals surface area contributed by atoms with E-state index >= 15 is 0 Å². The van der Waals surface area contributed by atoms with Crippen LogP contribution < -0.4 is 14.8 Å². The van der Waals surface area contributed by atoms with E-state index in [1.54, 1.807) is 7.11 Å². The Morgan fingerprint density at radius 2 is 1.56 bits per heavy atom. The summed E-state index contributed by atoms with van der Waals surface area (Å²) in [6, 6.07) is 4.68. The number of benzene rings is 1. The van der Waals surface area contributed by atoms with Gasteiger partial charge < -0.3 is 19.9 Å². The normalized spacial score (nSPS) is 17.2. The van der Waals surface area contributed by atoms with Crippen molar-refractivity contribution in [1.82, 2.24) is 5.32 Å². The van der Waals surface area contributed by atoms with Gasteiger partial charge in [-0.15, -0.1) is 0 Å². The van der Waals surface area contributed by atoms with Gasteiger partial charge in [-0.25, -0.2) is 0 Å². The molecule has 1 atom stereocenters. The smallest absolute Gasteiger partial charge is 0.127 e. The average molecular weight is 378 g/mol. The van der Waals surface area contributed by atoms with Gasteiger partial charge in [-0.1, -0.05) is 54.4 Å². The van der Waals surface area contributed by atoms with Gasteiger partial charge in [0.25, 0.3) is 0 Å². The molecule has 0 aromatic heterocycles. The minimum Gasteiger partial charge on any atom is -0.497 e. The van der Waals surface area contributed by atoms with E-state index in [0.29, 0.717) is 12.6 Å².